The van der Waals surface area contributed by atoms with Crippen LogP contribution < -0.4 is 0 Å². The Balaban J connectivity index is 1.27. The fourth-order valence-electron chi connectivity index (χ4n) is 4.76. The first-order valence-corrected chi connectivity index (χ1v) is 15.2. The number of benzene rings is 1. The van der Waals surface area contributed by atoms with E-state index in [0.717, 1.165) is 26.9 Å². The lowest BCUT2D eigenvalue weighted by molar-refractivity contribution is 0.250. The topological polar surface area (TPSA) is 132 Å². The zero-order valence-corrected chi connectivity index (χ0v) is 24.2. The molecule has 1 aromatic carbocycles. The van der Waals surface area contributed by atoms with Crippen LogP contribution in [0.25, 0.3) is 28.7 Å². The minimum atomic E-state index is -3.26. The maximum Gasteiger partial charge on any atom is 0.249 e. The molecule has 2 aliphatic rings. The average molecular weight is 622 g/mol. The van der Waals surface area contributed by atoms with Crippen LogP contribution in [0.2, 0.25) is 0 Å². The second-order valence-corrected chi connectivity index (χ2v) is 12.7. The van der Waals surface area contributed by atoms with Crippen molar-refractivity contribution in [1.29, 1.82) is 0 Å². The third-order valence-electron chi connectivity index (χ3n) is 6.85. The zero-order valence-electron chi connectivity index (χ0n) is 21.8. The molecule has 2 aliphatic heterocycles. The van der Waals surface area contributed by atoms with E-state index in [1.54, 1.807) is 29.3 Å². The van der Waals surface area contributed by atoms with Crippen LogP contribution in [0.4, 0.5) is 0 Å². The number of hydrogen-bond donors (Lipinski definition) is 0. The van der Waals surface area contributed by atoms with Gasteiger partial charge in [0.2, 0.25) is 21.8 Å². The van der Waals surface area contributed by atoms with Crippen molar-refractivity contribution in [3.8, 4) is 22.6 Å². The van der Waals surface area contributed by atoms with Gasteiger partial charge in [0.1, 0.15) is 0 Å². The van der Waals surface area contributed by atoms with E-state index in [-0.39, 0.29) is 0 Å². The molecule has 11 nitrogen and oxygen atoms in total. The summed E-state index contributed by atoms with van der Waals surface area (Å²) in [4.78, 5) is 14.3. The van der Waals surface area contributed by atoms with Gasteiger partial charge in [0, 0.05) is 78.8 Å². The highest BCUT2D eigenvalue weighted by molar-refractivity contribution is 9.10. The average Bonchev–Trinajstić information content (AvgIpc) is 3.67. The largest absolute Gasteiger partial charge is 0.417 e. The number of hydrogen-bond acceptors (Lipinski definition) is 9. The second-order valence-electron chi connectivity index (χ2n) is 9.75. The number of aryl methyl sites for hydroxylation is 1. The summed E-state index contributed by atoms with van der Waals surface area (Å²) in [6, 6.07) is 9.79. The summed E-state index contributed by atoms with van der Waals surface area (Å²) >= 11 is 3.48. The molecule has 1 saturated heterocycles. The molecule has 3 aromatic heterocycles. The van der Waals surface area contributed by atoms with Gasteiger partial charge < -0.3 is 4.42 Å². The van der Waals surface area contributed by atoms with E-state index in [2.05, 4.69) is 36.2 Å². The normalized spacial score (nSPS) is 17.5. The first-order valence-electron chi connectivity index (χ1n) is 12.5. The van der Waals surface area contributed by atoms with Crippen molar-refractivity contribution in [2.45, 2.75) is 18.5 Å². The van der Waals surface area contributed by atoms with Crippen LogP contribution in [0.5, 0.6) is 0 Å². The molecule has 0 bridgehead atoms. The summed E-state index contributed by atoms with van der Waals surface area (Å²) < 4.78 is 34.2. The number of aromatic nitrogens is 5. The SMILES string of the molecule is Cn1cc(-c2cncc(-c3nnc(/C=C/C4=NC5(CCN(S(C)(=O)=O)CC5)N=C4c4ccc(Br)cc4)o3)c2)cn1. The number of rotatable bonds is 6. The third kappa shape index (κ3) is 5.44. The summed E-state index contributed by atoms with van der Waals surface area (Å²) in [6.45, 7) is 0.741. The van der Waals surface area contributed by atoms with Crippen molar-refractivity contribution in [3.63, 3.8) is 0 Å². The standard InChI is InChI=1S/C27H25BrN8O3S/c1-35-17-21(16-30-35)19-13-20(15-29-14-19)26-34-33-24(39-26)8-7-23-25(18-3-5-22(28)6-4-18)32-27(31-23)9-11-36(12-10-27)40(2,37)38/h3-8,13-17H,9-12H2,1-2H3/b8-7+. The molecule has 40 heavy (non-hydrogen) atoms. The fourth-order valence-corrected chi connectivity index (χ4v) is 5.87. The van der Waals surface area contributed by atoms with Gasteiger partial charge in [-0.15, -0.1) is 10.2 Å². The Morgan fingerprint density at radius 3 is 2.40 bits per heavy atom. The van der Waals surface area contributed by atoms with Crippen molar-refractivity contribution < 1.29 is 12.8 Å². The molecule has 1 spiro atoms. The van der Waals surface area contributed by atoms with Crippen molar-refractivity contribution >= 4 is 43.5 Å². The molecule has 6 rings (SSSR count). The molecule has 0 saturated carbocycles. The summed E-state index contributed by atoms with van der Waals surface area (Å²) in [5.41, 5.74) is 4.15. The number of piperidine rings is 1. The lowest BCUT2D eigenvalue weighted by Crippen LogP contribution is -2.44. The van der Waals surface area contributed by atoms with Crippen LogP contribution in [0.1, 0.15) is 24.3 Å². The Kier molecular flexibility index (Phi) is 6.80. The molecule has 5 heterocycles. The van der Waals surface area contributed by atoms with Gasteiger partial charge in [-0.05, 0) is 24.3 Å². The van der Waals surface area contributed by atoms with Gasteiger partial charge in [0.15, 0.2) is 5.66 Å². The first kappa shape index (κ1) is 26.4. The zero-order chi connectivity index (χ0) is 27.9. The lowest BCUT2D eigenvalue weighted by atomic mass is 10.00. The van der Waals surface area contributed by atoms with E-state index >= 15 is 0 Å². The fraction of sp³-hybridized carbons (Fsp3) is 0.259. The van der Waals surface area contributed by atoms with Gasteiger partial charge in [0.05, 0.1) is 29.4 Å². The molecule has 0 radical (unpaired) electrons. The van der Waals surface area contributed by atoms with Crippen LogP contribution in [-0.2, 0) is 17.1 Å². The number of aliphatic imine (C=N–C) groups is 2. The number of nitrogens with zero attached hydrogens (tertiary/aromatic N) is 8. The predicted molar refractivity (Wildman–Crippen MR) is 155 cm³/mol. The van der Waals surface area contributed by atoms with E-state index < -0.39 is 15.7 Å². The number of allylic oxidation sites excluding steroid dienone is 1. The van der Waals surface area contributed by atoms with E-state index in [9.17, 15) is 8.42 Å². The quantitative estimate of drug-likeness (QED) is 0.318. The van der Waals surface area contributed by atoms with E-state index in [0.29, 0.717) is 49.0 Å². The van der Waals surface area contributed by atoms with E-state index in [1.165, 1.54) is 10.6 Å². The highest BCUT2D eigenvalue weighted by Crippen LogP contribution is 2.34. The Morgan fingerprint density at radius 2 is 1.70 bits per heavy atom. The summed E-state index contributed by atoms with van der Waals surface area (Å²) in [5, 5.41) is 12.6. The van der Waals surface area contributed by atoms with Crippen molar-refractivity contribution in [1.82, 2.24) is 29.3 Å². The van der Waals surface area contributed by atoms with Crippen LogP contribution in [0, 0.1) is 0 Å². The van der Waals surface area contributed by atoms with Crippen molar-refractivity contribution in [2.24, 2.45) is 17.0 Å². The minimum Gasteiger partial charge on any atom is -0.417 e. The molecule has 0 atom stereocenters. The maximum absolute atomic E-state index is 12.0. The number of halogens is 1. The summed E-state index contributed by atoms with van der Waals surface area (Å²) in [6.07, 6.45) is 12.9. The third-order valence-corrected chi connectivity index (χ3v) is 8.68. The Labute approximate surface area is 239 Å². The Bertz CT molecular complexity index is 1760. The molecule has 13 heteroatoms. The lowest BCUT2D eigenvalue weighted by Gasteiger charge is -2.33. The number of sulfonamides is 1. The highest BCUT2D eigenvalue weighted by atomic mass is 79.9. The van der Waals surface area contributed by atoms with Crippen molar-refractivity contribution in [2.75, 3.05) is 19.3 Å². The summed E-state index contributed by atoms with van der Waals surface area (Å²) in [5.74, 6) is 0.658. The van der Waals surface area contributed by atoms with Gasteiger partial charge in [-0.2, -0.15) is 5.10 Å². The Morgan fingerprint density at radius 1 is 0.950 bits per heavy atom. The highest BCUT2D eigenvalue weighted by Gasteiger charge is 2.40. The van der Waals surface area contributed by atoms with Crippen LogP contribution in [-0.4, -0.2) is 74.1 Å². The minimum absolute atomic E-state index is 0.312. The van der Waals surface area contributed by atoms with Crippen LogP contribution >= 0.6 is 15.9 Å². The maximum atomic E-state index is 12.0. The molecule has 0 unspecified atom stereocenters. The second kappa shape index (κ2) is 10.3. The molecule has 204 valence electrons. The summed E-state index contributed by atoms with van der Waals surface area (Å²) in [7, 11) is -1.40. The molecule has 4 aromatic rings. The van der Waals surface area contributed by atoms with Gasteiger partial charge in [-0.3, -0.25) is 19.7 Å². The Hall–Kier alpha value is -3.81. The monoisotopic (exact) mass is 620 g/mol. The molecular weight excluding hydrogens is 596 g/mol. The van der Waals surface area contributed by atoms with Crippen LogP contribution in [0.15, 0.2) is 80.1 Å². The first-order chi connectivity index (χ1) is 19.2. The molecule has 1 fully saturated rings. The van der Waals surface area contributed by atoms with Gasteiger partial charge in [-0.25, -0.2) is 12.7 Å². The van der Waals surface area contributed by atoms with Gasteiger partial charge in [-0.1, -0.05) is 28.1 Å². The number of pyridine rings is 1. The molecular formula is C27H25BrN8O3S. The van der Waals surface area contributed by atoms with Gasteiger partial charge >= 0.3 is 0 Å². The molecule has 0 N–H and O–H groups in total. The van der Waals surface area contributed by atoms with E-state index in [4.69, 9.17) is 14.4 Å². The van der Waals surface area contributed by atoms with Gasteiger partial charge in [0.25, 0.3) is 0 Å². The van der Waals surface area contributed by atoms with Crippen LogP contribution in [0.3, 0.4) is 0 Å². The smallest absolute Gasteiger partial charge is 0.249 e. The molecule has 0 amide bonds. The predicted octanol–water partition coefficient (Wildman–Crippen LogP) is 4.00. The van der Waals surface area contributed by atoms with E-state index in [1.807, 2.05) is 49.7 Å². The van der Waals surface area contributed by atoms with Crippen molar-refractivity contribution in [3.05, 3.63) is 77.1 Å². The molecule has 0 aliphatic carbocycles.